The van der Waals surface area contributed by atoms with Crippen molar-refractivity contribution < 1.29 is 9.90 Å². The van der Waals surface area contributed by atoms with Crippen LogP contribution in [0.25, 0.3) is 11.0 Å². The molecule has 4 atom stereocenters. The number of rotatable bonds is 4. The minimum atomic E-state index is -0.799. The van der Waals surface area contributed by atoms with Gasteiger partial charge in [0.25, 0.3) is 0 Å². The molecule has 0 aliphatic carbocycles. The van der Waals surface area contributed by atoms with Gasteiger partial charge in [-0.1, -0.05) is 13.8 Å². The second kappa shape index (κ2) is 6.35. The van der Waals surface area contributed by atoms with Crippen molar-refractivity contribution in [3.05, 3.63) is 30.6 Å². The van der Waals surface area contributed by atoms with Crippen LogP contribution in [0, 0.1) is 5.92 Å². The summed E-state index contributed by atoms with van der Waals surface area (Å²) < 4.78 is 2.08. The highest BCUT2D eigenvalue weighted by Crippen LogP contribution is 2.42. The number of fused-ring (bicyclic) bond motifs is 3. The Hall–Kier alpha value is -1.92. The van der Waals surface area contributed by atoms with Gasteiger partial charge in [-0.25, -0.2) is 0 Å². The first-order valence-corrected chi connectivity index (χ1v) is 9.58. The third kappa shape index (κ3) is 2.91. The number of nitrogens with two attached hydrogens (primary N) is 1. The molecule has 1 amide bonds. The first-order valence-electron chi connectivity index (χ1n) is 9.58. The lowest BCUT2D eigenvalue weighted by atomic mass is 9.85. The molecule has 4 heterocycles. The van der Waals surface area contributed by atoms with Crippen molar-refractivity contribution in [1.82, 2.24) is 14.5 Å². The molecule has 6 nitrogen and oxygen atoms in total. The molecule has 26 heavy (non-hydrogen) atoms. The average molecular weight is 356 g/mol. The molecule has 0 spiro atoms. The Morgan fingerprint density at radius 3 is 2.69 bits per heavy atom. The molecule has 2 saturated heterocycles. The molecule has 2 aromatic heterocycles. The van der Waals surface area contributed by atoms with Gasteiger partial charge in [0.15, 0.2) is 0 Å². The summed E-state index contributed by atoms with van der Waals surface area (Å²) in [6.07, 6.45) is 6.91. The fourth-order valence-corrected chi connectivity index (χ4v) is 4.74. The summed E-state index contributed by atoms with van der Waals surface area (Å²) >= 11 is 0. The van der Waals surface area contributed by atoms with E-state index in [-0.39, 0.29) is 23.9 Å². The molecule has 2 bridgehead atoms. The van der Waals surface area contributed by atoms with E-state index >= 15 is 0 Å². The number of hydrogen-bond donors (Lipinski definition) is 2. The van der Waals surface area contributed by atoms with Crippen LogP contribution in [0.5, 0.6) is 0 Å². The van der Waals surface area contributed by atoms with Crippen LogP contribution < -0.4 is 5.73 Å². The standard InChI is InChI=1S/C20H28N4O2/c1-13(2)18(21)19(25)24-14-5-6-15(24)11-20(26,10-14)12-23-9-7-16-17(23)4-3-8-22-16/h3-4,7-9,13-15,18,26H,5-6,10-12,21H2,1-2H3/t14-,15+,18-,20?/m1/s1. The summed E-state index contributed by atoms with van der Waals surface area (Å²) in [5.74, 6) is 0.173. The van der Waals surface area contributed by atoms with E-state index in [1.54, 1.807) is 6.20 Å². The Morgan fingerprint density at radius 1 is 1.35 bits per heavy atom. The van der Waals surface area contributed by atoms with E-state index in [9.17, 15) is 9.90 Å². The summed E-state index contributed by atoms with van der Waals surface area (Å²) in [5.41, 5.74) is 7.29. The zero-order valence-corrected chi connectivity index (χ0v) is 15.5. The highest BCUT2D eigenvalue weighted by Gasteiger charge is 2.50. The van der Waals surface area contributed by atoms with Crippen molar-refractivity contribution in [3.63, 3.8) is 0 Å². The Labute approximate surface area is 154 Å². The van der Waals surface area contributed by atoms with Gasteiger partial charge in [0.05, 0.1) is 29.2 Å². The Kier molecular flexibility index (Phi) is 4.28. The second-order valence-corrected chi connectivity index (χ2v) is 8.38. The van der Waals surface area contributed by atoms with Crippen LogP contribution in [0.4, 0.5) is 0 Å². The van der Waals surface area contributed by atoms with Crippen LogP contribution >= 0.6 is 0 Å². The third-order valence-electron chi connectivity index (χ3n) is 6.11. The van der Waals surface area contributed by atoms with Gasteiger partial charge in [-0.15, -0.1) is 0 Å². The maximum Gasteiger partial charge on any atom is 0.240 e. The van der Waals surface area contributed by atoms with E-state index in [1.165, 1.54) is 0 Å². The van der Waals surface area contributed by atoms with Crippen molar-refractivity contribution in [2.45, 2.75) is 69.8 Å². The molecular formula is C20H28N4O2. The van der Waals surface area contributed by atoms with E-state index in [0.29, 0.717) is 19.4 Å². The molecule has 2 aliphatic rings. The van der Waals surface area contributed by atoms with E-state index in [4.69, 9.17) is 5.73 Å². The van der Waals surface area contributed by atoms with Gasteiger partial charge in [-0.3, -0.25) is 9.78 Å². The highest BCUT2D eigenvalue weighted by molar-refractivity contribution is 5.83. The van der Waals surface area contributed by atoms with Crippen molar-refractivity contribution >= 4 is 16.9 Å². The van der Waals surface area contributed by atoms with Crippen LogP contribution in [0.15, 0.2) is 30.6 Å². The lowest BCUT2D eigenvalue weighted by Crippen LogP contribution is -2.58. The maximum absolute atomic E-state index is 12.8. The summed E-state index contributed by atoms with van der Waals surface area (Å²) in [7, 11) is 0. The summed E-state index contributed by atoms with van der Waals surface area (Å²) in [6, 6.07) is 5.66. The van der Waals surface area contributed by atoms with Gasteiger partial charge in [-0.2, -0.15) is 0 Å². The molecule has 2 fully saturated rings. The maximum atomic E-state index is 12.8. The van der Waals surface area contributed by atoms with Gasteiger partial charge in [0.1, 0.15) is 0 Å². The van der Waals surface area contributed by atoms with Gasteiger partial charge >= 0.3 is 0 Å². The third-order valence-corrected chi connectivity index (χ3v) is 6.11. The molecule has 1 unspecified atom stereocenters. The van der Waals surface area contributed by atoms with Crippen molar-refractivity contribution in [1.29, 1.82) is 0 Å². The Balaban J connectivity index is 1.53. The number of nitrogens with zero attached hydrogens (tertiary/aromatic N) is 3. The number of aliphatic hydroxyl groups is 1. The van der Waals surface area contributed by atoms with Gasteiger partial charge < -0.3 is 20.3 Å². The Bertz CT molecular complexity index is 801. The normalized spacial score (nSPS) is 29.5. The van der Waals surface area contributed by atoms with E-state index < -0.39 is 11.6 Å². The number of amides is 1. The lowest BCUT2D eigenvalue weighted by Gasteiger charge is -2.45. The molecular weight excluding hydrogens is 328 g/mol. The molecule has 0 radical (unpaired) electrons. The van der Waals surface area contributed by atoms with Crippen LogP contribution in [0.1, 0.15) is 39.5 Å². The first kappa shape index (κ1) is 17.5. The largest absolute Gasteiger partial charge is 0.388 e. The Morgan fingerprint density at radius 2 is 2.04 bits per heavy atom. The monoisotopic (exact) mass is 356 g/mol. The van der Waals surface area contributed by atoms with Gasteiger partial charge in [0.2, 0.25) is 5.91 Å². The minimum Gasteiger partial charge on any atom is -0.388 e. The predicted octanol–water partition coefficient (Wildman–Crippen LogP) is 1.90. The smallest absolute Gasteiger partial charge is 0.240 e. The number of hydrogen-bond acceptors (Lipinski definition) is 4. The quantitative estimate of drug-likeness (QED) is 0.876. The number of piperidine rings is 1. The number of carbonyl (C=O) groups is 1. The number of aromatic nitrogens is 2. The predicted molar refractivity (Wildman–Crippen MR) is 100 cm³/mol. The van der Waals surface area contributed by atoms with E-state index in [0.717, 1.165) is 23.9 Å². The minimum absolute atomic E-state index is 0.0464. The number of carbonyl (C=O) groups excluding carboxylic acids is 1. The van der Waals surface area contributed by atoms with Gasteiger partial charge in [0, 0.05) is 24.5 Å². The van der Waals surface area contributed by atoms with Crippen LogP contribution in [-0.2, 0) is 11.3 Å². The van der Waals surface area contributed by atoms with Crippen LogP contribution in [0.2, 0.25) is 0 Å². The second-order valence-electron chi connectivity index (χ2n) is 8.38. The van der Waals surface area contributed by atoms with E-state index in [2.05, 4.69) is 9.55 Å². The molecule has 2 aromatic rings. The molecule has 3 N–H and O–H groups in total. The SMILES string of the molecule is CC(C)[C@@H](N)C(=O)N1[C@@H]2CC[C@H]1CC(O)(Cn1ccc3ncccc31)C2. The zero-order valence-electron chi connectivity index (χ0n) is 15.5. The first-order chi connectivity index (χ1) is 12.4. The molecule has 6 heteroatoms. The molecule has 4 rings (SSSR count). The fraction of sp³-hybridized carbons (Fsp3) is 0.600. The van der Waals surface area contributed by atoms with Gasteiger partial charge in [-0.05, 0) is 49.8 Å². The van der Waals surface area contributed by atoms with Crippen molar-refractivity contribution in [2.24, 2.45) is 11.7 Å². The lowest BCUT2D eigenvalue weighted by molar-refractivity contribution is -0.144. The molecule has 140 valence electrons. The van der Waals surface area contributed by atoms with E-state index in [1.807, 2.05) is 43.1 Å². The van der Waals surface area contributed by atoms with Crippen molar-refractivity contribution in [3.8, 4) is 0 Å². The van der Waals surface area contributed by atoms with Crippen LogP contribution in [0.3, 0.4) is 0 Å². The molecule has 0 saturated carbocycles. The summed E-state index contributed by atoms with van der Waals surface area (Å²) in [6.45, 7) is 4.50. The van der Waals surface area contributed by atoms with Crippen molar-refractivity contribution in [2.75, 3.05) is 0 Å². The van der Waals surface area contributed by atoms with Crippen LogP contribution in [-0.4, -0.2) is 49.2 Å². The molecule has 0 aromatic carbocycles. The molecule has 2 aliphatic heterocycles. The fourth-order valence-electron chi connectivity index (χ4n) is 4.74. The summed E-state index contributed by atoms with van der Waals surface area (Å²) in [5, 5.41) is 11.3. The number of pyridine rings is 1. The average Bonchev–Trinajstić information content (AvgIpc) is 3.13. The summed E-state index contributed by atoms with van der Waals surface area (Å²) in [4.78, 5) is 19.2. The highest BCUT2D eigenvalue weighted by atomic mass is 16.3. The zero-order chi connectivity index (χ0) is 18.5. The topological polar surface area (TPSA) is 84.4 Å².